The van der Waals surface area contributed by atoms with Gasteiger partial charge in [-0.3, -0.25) is 4.79 Å². The Kier molecular flexibility index (Phi) is 4.62. The quantitative estimate of drug-likeness (QED) is 0.596. The first-order valence-electron chi connectivity index (χ1n) is 6.39. The summed E-state index contributed by atoms with van der Waals surface area (Å²) in [6.45, 7) is 2.20. The zero-order valence-electron chi connectivity index (χ0n) is 11.8. The van der Waals surface area contributed by atoms with Gasteiger partial charge in [-0.15, -0.1) is 0 Å². The molecular weight excluding hydrogens is 316 g/mol. The summed E-state index contributed by atoms with van der Waals surface area (Å²) >= 11 is 1.10. The van der Waals surface area contributed by atoms with Crippen molar-refractivity contribution in [1.29, 1.82) is 0 Å². The van der Waals surface area contributed by atoms with E-state index >= 15 is 0 Å². The first-order chi connectivity index (χ1) is 9.84. The second-order valence-electron chi connectivity index (χ2n) is 4.71. The normalized spacial score (nSPS) is 18.1. The molecule has 1 aromatic heterocycles. The van der Waals surface area contributed by atoms with Crippen LogP contribution in [0.4, 0.5) is 5.13 Å². The van der Waals surface area contributed by atoms with E-state index in [1.807, 2.05) is 0 Å². The number of aromatic nitrogens is 1. The Morgan fingerprint density at radius 1 is 1.29 bits per heavy atom. The molecule has 7 nitrogen and oxygen atoms in total. The minimum Gasteiger partial charge on any atom is -0.464 e. The first-order valence-corrected chi connectivity index (χ1v) is 9.03. The number of methoxy groups -OCH3 is 1. The Morgan fingerprint density at radius 3 is 2.62 bits per heavy atom. The van der Waals surface area contributed by atoms with Crippen LogP contribution in [0.3, 0.4) is 0 Å². The lowest BCUT2D eigenvalue weighted by molar-refractivity contribution is 0.0591. The molecule has 1 aliphatic heterocycles. The minimum absolute atomic E-state index is 0.00268. The van der Waals surface area contributed by atoms with Crippen LogP contribution in [0.2, 0.25) is 0 Å². The molecule has 2 heterocycles. The Balaban J connectivity index is 2.32. The van der Waals surface area contributed by atoms with E-state index in [2.05, 4.69) is 9.72 Å². The molecule has 0 aromatic carbocycles. The summed E-state index contributed by atoms with van der Waals surface area (Å²) < 4.78 is 27.8. The van der Waals surface area contributed by atoms with Gasteiger partial charge in [0.2, 0.25) is 0 Å². The number of rotatable bonds is 3. The van der Waals surface area contributed by atoms with Gasteiger partial charge in [-0.2, -0.15) is 0 Å². The lowest BCUT2D eigenvalue weighted by Crippen LogP contribution is -2.26. The Hall–Kier alpha value is -1.48. The monoisotopic (exact) mass is 332 g/mol. The number of anilines is 1. The topological polar surface area (TPSA) is 93.6 Å². The Bertz CT molecular complexity index is 665. The van der Waals surface area contributed by atoms with Crippen molar-refractivity contribution < 1.29 is 22.7 Å². The molecule has 21 heavy (non-hydrogen) atoms. The van der Waals surface area contributed by atoms with Crippen molar-refractivity contribution >= 4 is 38.1 Å². The summed E-state index contributed by atoms with van der Waals surface area (Å²) in [5.41, 5.74) is -0.00268. The molecule has 0 saturated carbocycles. The van der Waals surface area contributed by atoms with Crippen LogP contribution in [-0.2, 0) is 14.6 Å². The van der Waals surface area contributed by atoms with E-state index in [0.29, 0.717) is 24.6 Å². The maximum absolute atomic E-state index is 11.7. The molecule has 9 heteroatoms. The van der Waals surface area contributed by atoms with E-state index in [4.69, 9.17) is 0 Å². The predicted molar refractivity (Wildman–Crippen MR) is 78.9 cm³/mol. The van der Waals surface area contributed by atoms with Crippen LogP contribution in [0.5, 0.6) is 0 Å². The maximum Gasteiger partial charge on any atom is 0.358 e. The molecule has 1 aromatic rings. The van der Waals surface area contributed by atoms with Gasteiger partial charge in [0, 0.05) is 20.0 Å². The summed E-state index contributed by atoms with van der Waals surface area (Å²) in [5, 5.41) is 0.484. The molecule has 0 atom stereocenters. The second-order valence-corrected chi connectivity index (χ2v) is 8.00. The van der Waals surface area contributed by atoms with E-state index in [0.717, 1.165) is 11.3 Å². The number of nitrogens with zero attached hydrogens (tertiary/aromatic N) is 2. The third-order valence-electron chi connectivity index (χ3n) is 3.14. The number of thiazole rings is 1. The highest BCUT2D eigenvalue weighted by molar-refractivity contribution is 7.91. The molecule has 1 saturated heterocycles. The van der Waals surface area contributed by atoms with Crippen LogP contribution in [0.15, 0.2) is 0 Å². The standard InChI is InChI=1S/C12H16N2O5S2/c1-8(15)10-9(11(16)19-2)13-12(20-10)14-4-3-6-21(17,18)7-5-14/h3-7H2,1-2H3. The van der Waals surface area contributed by atoms with Gasteiger partial charge in [-0.1, -0.05) is 11.3 Å². The fourth-order valence-electron chi connectivity index (χ4n) is 2.05. The zero-order chi connectivity index (χ0) is 15.6. The van der Waals surface area contributed by atoms with Gasteiger partial charge >= 0.3 is 5.97 Å². The summed E-state index contributed by atoms with van der Waals surface area (Å²) in [6.07, 6.45) is 0.505. The molecule has 0 radical (unpaired) electrons. The van der Waals surface area contributed by atoms with E-state index in [-0.39, 0.29) is 27.9 Å². The SMILES string of the molecule is COC(=O)c1nc(N2CCCS(=O)(=O)CC2)sc1C(C)=O. The summed E-state index contributed by atoms with van der Waals surface area (Å²) in [6, 6.07) is 0. The molecule has 1 fully saturated rings. The van der Waals surface area contributed by atoms with Crippen molar-refractivity contribution in [2.45, 2.75) is 13.3 Å². The third kappa shape index (κ3) is 3.59. The molecule has 0 bridgehead atoms. The number of hydrogen-bond acceptors (Lipinski definition) is 8. The van der Waals surface area contributed by atoms with E-state index < -0.39 is 15.8 Å². The van der Waals surface area contributed by atoms with Gasteiger partial charge in [0.15, 0.2) is 26.4 Å². The third-order valence-corrected chi connectivity index (χ3v) is 6.07. The maximum atomic E-state index is 11.7. The molecule has 2 rings (SSSR count). The zero-order valence-corrected chi connectivity index (χ0v) is 13.4. The van der Waals surface area contributed by atoms with Crippen LogP contribution >= 0.6 is 11.3 Å². The fraction of sp³-hybridized carbons (Fsp3) is 0.583. The van der Waals surface area contributed by atoms with Gasteiger partial charge in [-0.05, 0) is 6.42 Å². The largest absolute Gasteiger partial charge is 0.464 e. The smallest absolute Gasteiger partial charge is 0.358 e. The Morgan fingerprint density at radius 2 is 2.00 bits per heavy atom. The van der Waals surface area contributed by atoms with Crippen molar-refractivity contribution in [3.63, 3.8) is 0 Å². The lowest BCUT2D eigenvalue weighted by atomic mass is 10.3. The van der Waals surface area contributed by atoms with Gasteiger partial charge in [-0.25, -0.2) is 18.2 Å². The molecule has 0 N–H and O–H groups in total. The lowest BCUT2D eigenvalue weighted by Gasteiger charge is -2.17. The Labute approximate surface area is 126 Å². The fourth-order valence-corrected chi connectivity index (χ4v) is 4.32. The average molecular weight is 332 g/mol. The average Bonchev–Trinajstić information content (AvgIpc) is 2.78. The van der Waals surface area contributed by atoms with Gasteiger partial charge in [0.25, 0.3) is 0 Å². The number of ether oxygens (including phenoxy) is 1. The summed E-state index contributed by atoms with van der Waals surface area (Å²) in [4.78, 5) is 29.5. The molecule has 1 aliphatic rings. The number of hydrogen-bond donors (Lipinski definition) is 0. The molecule has 0 unspecified atom stereocenters. The number of Topliss-reactive ketones (excluding diaryl/α,β-unsaturated/α-hetero) is 1. The first kappa shape index (κ1) is 15.9. The number of carbonyl (C=O) groups is 2. The van der Waals surface area contributed by atoms with Gasteiger partial charge < -0.3 is 9.64 Å². The second kappa shape index (κ2) is 6.10. The summed E-state index contributed by atoms with van der Waals surface area (Å²) in [5.74, 6) is -0.722. The van der Waals surface area contributed by atoms with Crippen molar-refractivity contribution in [2.75, 3.05) is 36.6 Å². The molecule has 0 spiro atoms. The van der Waals surface area contributed by atoms with Crippen LogP contribution in [-0.4, -0.2) is 56.9 Å². The molecule has 0 aliphatic carbocycles. The van der Waals surface area contributed by atoms with Crippen molar-refractivity contribution in [3.8, 4) is 0 Å². The predicted octanol–water partition coefficient (Wildman–Crippen LogP) is 0.757. The van der Waals surface area contributed by atoms with Crippen LogP contribution < -0.4 is 4.90 Å². The minimum atomic E-state index is -3.02. The highest BCUT2D eigenvalue weighted by Crippen LogP contribution is 2.28. The van der Waals surface area contributed by atoms with E-state index in [1.165, 1.54) is 14.0 Å². The van der Waals surface area contributed by atoms with E-state index in [9.17, 15) is 18.0 Å². The molecule has 0 amide bonds. The van der Waals surface area contributed by atoms with Gasteiger partial charge in [0.1, 0.15) is 4.88 Å². The summed E-state index contributed by atoms with van der Waals surface area (Å²) in [7, 11) is -1.80. The van der Waals surface area contributed by atoms with Crippen molar-refractivity contribution in [3.05, 3.63) is 10.6 Å². The van der Waals surface area contributed by atoms with Gasteiger partial charge in [0.05, 0.1) is 18.6 Å². The molecule has 116 valence electrons. The highest BCUT2D eigenvalue weighted by Gasteiger charge is 2.26. The van der Waals surface area contributed by atoms with Crippen molar-refractivity contribution in [2.24, 2.45) is 0 Å². The van der Waals surface area contributed by atoms with Crippen molar-refractivity contribution in [1.82, 2.24) is 4.98 Å². The number of ketones is 1. The van der Waals surface area contributed by atoms with Crippen LogP contribution in [0.1, 0.15) is 33.5 Å². The number of esters is 1. The van der Waals surface area contributed by atoms with E-state index in [1.54, 1.807) is 4.90 Å². The van der Waals surface area contributed by atoms with Crippen LogP contribution in [0, 0.1) is 0 Å². The molecular formula is C12H16N2O5S2. The van der Waals surface area contributed by atoms with Crippen LogP contribution in [0.25, 0.3) is 0 Å². The highest BCUT2D eigenvalue weighted by atomic mass is 32.2. The number of carbonyl (C=O) groups excluding carboxylic acids is 2. The number of sulfone groups is 1.